The Morgan fingerprint density at radius 3 is 0.745 bits per heavy atom. The molecule has 15 aromatic carbocycles. The molecule has 0 aliphatic carbocycles. The molecule has 0 saturated heterocycles. The first-order valence-corrected chi connectivity index (χ1v) is 48.7. The average molecular weight is 1860 g/mol. The SMILES string of the molecule is c1ccc(-c2ccc(-c3nc(-c4ccccc4)nc(-c4ccc(-c5nc6cccnc6c6c5sc5ccccc56)cc4)n3)cc2)cc1.c1ccc(-c2ccc(-c3nc(-c4ccccc4)nc(-c4ccc(-c5nc6ccncc6c6c5sc5ccccc56)cc4)n3)cc2)cc1.c1ccc(-c2ccc(-c3nc(-c4ccccc4)nc(-c4ccc(-c5nc6cnccc6c6c5sc5ccccc56)cc4)n3)cc2)cc1. The van der Waals surface area contributed by atoms with Gasteiger partial charge in [-0.25, -0.2) is 59.8 Å². The van der Waals surface area contributed by atoms with Gasteiger partial charge in [-0.1, -0.05) is 382 Å². The number of aromatic nitrogens is 15. The molecule has 0 saturated carbocycles. The van der Waals surface area contributed by atoms with E-state index in [1.807, 2.05) is 152 Å². The molecule has 18 heteroatoms. The van der Waals surface area contributed by atoms with Gasteiger partial charge in [0.1, 0.15) is 0 Å². The minimum Gasteiger partial charge on any atom is -0.264 e. The number of benzene rings is 15. The van der Waals surface area contributed by atoms with Crippen molar-refractivity contribution in [3.63, 3.8) is 0 Å². The van der Waals surface area contributed by atoms with Crippen molar-refractivity contribution in [3.05, 3.63) is 456 Å². The molecule has 0 aliphatic rings. The van der Waals surface area contributed by atoms with Gasteiger partial charge in [0.25, 0.3) is 0 Å². The van der Waals surface area contributed by atoms with Crippen LogP contribution in [-0.4, -0.2) is 74.8 Å². The van der Waals surface area contributed by atoms with Crippen molar-refractivity contribution in [3.8, 4) is 170 Å². The van der Waals surface area contributed by atoms with Crippen LogP contribution in [0.25, 0.3) is 263 Å². The van der Waals surface area contributed by atoms with Crippen molar-refractivity contribution in [1.82, 2.24) is 74.8 Å². The van der Waals surface area contributed by atoms with E-state index in [0.29, 0.717) is 52.4 Å². The summed E-state index contributed by atoms with van der Waals surface area (Å²) in [6.45, 7) is 0. The Balaban J connectivity index is 0.000000111. The van der Waals surface area contributed by atoms with Gasteiger partial charge in [-0.05, 0) is 75.8 Å². The molecule has 0 bridgehead atoms. The summed E-state index contributed by atoms with van der Waals surface area (Å²) in [4.78, 5) is 73.4. The number of nitrogens with zero attached hydrogens (tertiary/aromatic N) is 15. The third kappa shape index (κ3) is 16.6. The second-order valence-electron chi connectivity index (χ2n) is 34.0. The maximum Gasteiger partial charge on any atom is 0.164 e. The molecule has 0 spiro atoms. The summed E-state index contributed by atoms with van der Waals surface area (Å²) in [5, 5.41) is 9.46. The van der Waals surface area contributed by atoms with E-state index in [4.69, 9.17) is 64.8 Å². The zero-order chi connectivity index (χ0) is 93.5. The fraction of sp³-hybridized carbons (Fsp3) is 0. The van der Waals surface area contributed by atoms with Gasteiger partial charge in [0, 0.05) is 149 Å². The zero-order valence-electron chi connectivity index (χ0n) is 75.2. The number of fused-ring (bicyclic) bond motifs is 15. The minimum absolute atomic E-state index is 0.621. The molecule has 15 nitrogen and oxygen atoms in total. The number of hydrogen-bond acceptors (Lipinski definition) is 18. The van der Waals surface area contributed by atoms with Crippen LogP contribution in [0.15, 0.2) is 456 Å². The molecule has 0 amide bonds. The second-order valence-corrected chi connectivity index (χ2v) is 37.2. The molecular weight excluding hydrogens is 1780 g/mol. The number of thiophene rings is 3. The molecule has 0 atom stereocenters. The Morgan fingerprint density at radius 2 is 0.397 bits per heavy atom. The van der Waals surface area contributed by atoms with Gasteiger partial charge in [0.05, 0.1) is 59.4 Å². The van der Waals surface area contributed by atoms with E-state index in [1.54, 1.807) is 40.2 Å². The lowest BCUT2D eigenvalue weighted by Crippen LogP contribution is -2.00. The van der Waals surface area contributed by atoms with E-state index in [1.165, 1.54) is 62.4 Å². The van der Waals surface area contributed by atoms with Crippen LogP contribution in [0.2, 0.25) is 0 Å². The Morgan fingerprint density at radius 1 is 0.149 bits per heavy atom. The fourth-order valence-corrected chi connectivity index (χ4v) is 21.9. The zero-order valence-corrected chi connectivity index (χ0v) is 77.7. The highest BCUT2D eigenvalue weighted by Gasteiger charge is 2.24. The second kappa shape index (κ2) is 37.1. The minimum atomic E-state index is 0.621. The van der Waals surface area contributed by atoms with Gasteiger partial charge < -0.3 is 0 Å². The average Bonchev–Trinajstić information content (AvgIpc) is 1.60. The Bertz CT molecular complexity index is 8500. The van der Waals surface area contributed by atoms with Crippen LogP contribution in [0.5, 0.6) is 0 Å². The van der Waals surface area contributed by atoms with Crippen LogP contribution in [0.1, 0.15) is 0 Å². The van der Waals surface area contributed by atoms with Crippen molar-refractivity contribution >= 4 is 127 Å². The number of pyridine rings is 6. The van der Waals surface area contributed by atoms with Crippen molar-refractivity contribution in [1.29, 1.82) is 0 Å². The van der Waals surface area contributed by atoms with E-state index < -0.39 is 0 Å². The summed E-state index contributed by atoms with van der Waals surface area (Å²) < 4.78 is 7.18. The monoisotopic (exact) mass is 1860 g/mol. The predicted octanol–water partition coefficient (Wildman–Crippen LogP) is 31.6. The third-order valence-electron chi connectivity index (χ3n) is 25.3. The lowest BCUT2D eigenvalue weighted by molar-refractivity contribution is 1.07. The summed E-state index contributed by atoms with van der Waals surface area (Å²) in [6.07, 6.45) is 9.27. The molecule has 0 radical (unpaired) electrons. The lowest BCUT2D eigenvalue weighted by Gasteiger charge is -2.10. The van der Waals surface area contributed by atoms with Gasteiger partial charge in [-0.3, -0.25) is 15.0 Å². The first kappa shape index (κ1) is 84.4. The van der Waals surface area contributed by atoms with E-state index in [9.17, 15) is 0 Å². The van der Waals surface area contributed by atoms with Crippen LogP contribution in [-0.2, 0) is 0 Å². The van der Waals surface area contributed by atoms with Gasteiger partial charge in [-0.2, -0.15) is 0 Å². The molecule has 27 aromatic rings. The molecule has 0 aliphatic heterocycles. The van der Waals surface area contributed by atoms with Gasteiger partial charge in [0.2, 0.25) is 0 Å². The maximum absolute atomic E-state index is 5.14. The Hall–Kier alpha value is -18.3. The maximum atomic E-state index is 5.14. The molecule has 141 heavy (non-hydrogen) atoms. The molecular formula is C123H75N15S3. The fourth-order valence-electron chi connectivity index (χ4n) is 18.3. The van der Waals surface area contributed by atoms with E-state index in [2.05, 4.69) is 307 Å². The first-order valence-electron chi connectivity index (χ1n) is 46.3. The van der Waals surface area contributed by atoms with Crippen LogP contribution in [0.4, 0.5) is 0 Å². The van der Waals surface area contributed by atoms with E-state index in [0.717, 1.165) is 148 Å². The summed E-state index contributed by atoms with van der Waals surface area (Å²) >= 11 is 5.32. The van der Waals surface area contributed by atoms with Crippen LogP contribution in [0, 0.1) is 0 Å². The summed E-state index contributed by atoms with van der Waals surface area (Å²) in [5.41, 5.74) is 24.9. The molecule has 12 heterocycles. The van der Waals surface area contributed by atoms with Gasteiger partial charge in [-0.15, -0.1) is 34.0 Å². The topological polar surface area (TPSA) is 193 Å². The van der Waals surface area contributed by atoms with Crippen molar-refractivity contribution in [2.75, 3.05) is 0 Å². The number of rotatable bonds is 15. The normalized spacial score (nSPS) is 11.4. The number of hydrogen-bond donors (Lipinski definition) is 0. The standard InChI is InChI=1S/3C41H25N5S/c1-3-10-26(11-4-1)27-17-21-30(22-18-27)40-44-39(29-12-5-2-6-13-29)45-41(46-40)31-23-19-28(20-24-31)36-38-35(32-14-7-8-16-34(32)47-38)37-33(43-36)15-9-25-42-37;1-3-9-26(10-4-1)27-15-19-30(20-16-27)40-44-39(29-11-5-2-6-12-29)45-41(46-40)31-21-17-28(18-22-31)37-38-36(32-23-24-42-25-34(32)43-37)33-13-7-8-14-35(33)47-38;1-3-9-26(10-4-1)27-15-19-30(20-16-27)40-44-39(29-11-5-2-6-12-29)45-41(46-40)31-21-17-28(18-22-31)37-38-36(32-13-7-8-14-35(32)47-38)33-25-42-24-23-34(33)43-37/h3*1-25H. The van der Waals surface area contributed by atoms with E-state index >= 15 is 0 Å². The van der Waals surface area contributed by atoms with Crippen molar-refractivity contribution < 1.29 is 0 Å². The quantitative estimate of drug-likeness (QED) is 0.0940. The molecule has 27 rings (SSSR count). The predicted molar refractivity (Wildman–Crippen MR) is 579 cm³/mol. The molecule has 12 aromatic heterocycles. The van der Waals surface area contributed by atoms with Gasteiger partial charge in [0.15, 0.2) is 52.4 Å². The van der Waals surface area contributed by atoms with Crippen LogP contribution < -0.4 is 0 Å². The Kier molecular flexibility index (Phi) is 22.2. The molecule has 0 unspecified atom stereocenters. The third-order valence-corrected chi connectivity index (χ3v) is 28.8. The highest BCUT2D eigenvalue weighted by atomic mass is 32.1. The van der Waals surface area contributed by atoms with Crippen molar-refractivity contribution in [2.24, 2.45) is 0 Å². The van der Waals surface area contributed by atoms with Crippen LogP contribution in [0.3, 0.4) is 0 Å². The van der Waals surface area contributed by atoms with Gasteiger partial charge >= 0.3 is 0 Å². The molecule has 0 fully saturated rings. The lowest BCUT2D eigenvalue weighted by atomic mass is 10.0. The van der Waals surface area contributed by atoms with Crippen molar-refractivity contribution in [2.45, 2.75) is 0 Å². The summed E-state index contributed by atoms with van der Waals surface area (Å²) in [6, 6.07) is 145. The highest BCUT2D eigenvalue weighted by Crippen LogP contribution is 2.48. The highest BCUT2D eigenvalue weighted by molar-refractivity contribution is 7.27. The summed E-state index contributed by atoms with van der Waals surface area (Å²) in [5.74, 6) is 5.67. The smallest absolute Gasteiger partial charge is 0.164 e. The van der Waals surface area contributed by atoms with E-state index in [-0.39, 0.29) is 0 Å². The van der Waals surface area contributed by atoms with Crippen LogP contribution >= 0.6 is 34.0 Å². The molecule has 0 N–H and O–H groups in total. The molecule has 660 valence electrons. The first-order chi connectivity index (χ1) is 69.8. The Labute approximate surface area is 821 Å². The largest absolute Gasteiger partial charge is 0.264 e. The summed E-state index contributed by atoms with van der Waals surface area (Å²) in [7, 11) is 0.